The summed E-state index contributed by atoms with van der Waals surface area (Å²) in [6, 6.07) is 3.63. The van der Waals surface area contributed by atoms with Gasteiger partial charge in [0.25, 0.3) is 5.69 Å². The quantitative estimate of drug-likeness (QED) is 0.645. The molecule has 1 aliphatic rings. The number of rotatable bonds is 4. The second-order valence-corrected chi connectivity index (χ2v) is 4.57. The maximum Gasteiger partial charge on any atom is 0.274 e. The molecular weight excluding hydrogens is 223 g/mol. The Morgan fingerprint density at radius 1 is 1.47 bits per heavy atom. The summed E-state index contributed by atoms with van der Waals surface area (Å²) in [5.74, 6) is -0.577. The van der Waals surface area contributed by atoms with E-state index in [0.717, 1.165) is 31.7 Å². The normalized spacial score (nSPS) is 17.3. The van der Waals surface area contributed by atoms with E-state index >= 15 is 0 Å². The van der Waals surface area contributed by atoms with Crippen molar-refractivity contribution in [2.24, 2.45) is 0 Å². The van der Waals surface area contributed by atoms with Gasteiger partial charge in [0, 0.05) is 17.3 Å². The van der Waals surface area contributed by atoms with Gasteiger partial charge in [-0.25, -0.2) is 4.39 Å². The van der Waals surface area contributed by atoms with E-state index in [-0.39, 0.29) is 11.2 Å². The van der Waals surface area contributed by atoms with Crippen LogP contribution in [-0.4, -0.2) is 10.5 Å². The third-order valence-electron chi connectivity index (χ3n) is 3.49. The van der Waals surface area contributed by atoms with Crippen molar-refractivity contribution >= 4 is 11.4 Å². The van der Waals surface area contributed by atoms with E-state index in [9.17, 15) is 14.5 Å². The number of anilines is 1. The molecule has 1 aromatic rings. The first kappa shape index (κ1) is 11.8. The Morgan fingerprint density at radius 2 is 2.18 bits per heavy atom. The van der Waals surface area contributed by atoms with Gasteiger partial charge < -0.3 is 5.32 Å². The molecule has 0 saturated heterocycles. The van der Waals surface area contributed by atoms with E-state index in [1.54, 1.807) is 0 Å². The maximum atomic E-state index is 13.2. The van der Waals surface area contributed by atoms with Crippen molar-refractivity contribution < 1.29 is 9.31 Å². The van der Waals surface area contributed by atoms with Gasteiger partial charge in [-0.3, -0.25) is 10.1 Å². The highest BCUT2D eigenvalue weighted by Gasteiger charge is 2.35. The lowest BCUT2D eigenvalue weighted by Crippen LogP contribution is -2.44. The van der Waals surface area contributed by atoms with E-state index in [0.29, 0.717) is 5.69 Å². The van der Waals surface area contributed by atoms with Gasteiger partial charge in [0.1, 0.15) is 5.82 Å². The number of benzene rings is 1. The average molecular weight is 238 g/mol. The molecule has 0 atom stereocenters. The minimum absolute atomic E-state index is 0.00165. The molecule has 5 heteroatoms. The van der Waals surface area contributed by atoms with Gasteiger partial charge in [0.05, 0.1) is 11.0 Å². The molecule has 0 unspecified atom stereocenters. The predicted molar refractivity (Wildman–Crippen MR) is 63.6 cm³/mol. The van der Waals surface area contributed by atoms with Crippen molar-refractivity contribution in [1.82, 2.24) is 0 Å². The lowest BCUT2D eigenvalue weighted by atomic mass is 9.74. The van der Waals surface area contributed by atoms with Crippen molar-refractivity contribution in [1.29, 1.82) is 0 Å². The Labute approximate surface area is 99.0 Å². The Morgan fingerprint density at radius 3 is 2.65 bits per heavy atom. The molecule has 0 aliphatic heterocycles. The number of hydrogen-bond donors (Lipinski definition) is 1. The number of nitrogens with one attached hydrogen (secondary N) is 1. The van der Waals surface area contributed by atoms with Crippen LogP contribution in [0.15, 0.2) is 18.2 Å². The lowest BCUT2D eigenvalue weighted by molar-refractivity contribution is -0.385. The van der Waals surface area contributed by atoms with Crippen LogP contribution in [0.3, 0.4) is 0 Å². The molecule has 92 valence electrons. The van der Waals surface area contributed by atoms with Crippen molar-refractivity contribution in [2.75, 3.05) is 5.32 Å². The van der Waals surface area contributed by atoms with E-state index in [1.807, 2.05) is 0 Å². The first-order valence-corrected chi connectivity index (χ1v) is 5.78. The summed E-state index contributed by atoms with van der Waals surface area (Å²) >= 11 is 0. The Balaban J connectivity index is 2.23. The molecule has 1 aliphatic carbocycles. The zero-order valence-electron chi connectivity index (χ0n) is 9.70. The van der Waals surface area contributed by atoms with Gasteiger partial charge in [0.15, 0.2) is 0 Å². The molecular formula is C12H15FN2O2. The topological polar surface area (TPSA) is 55.2 Å². The SMILES string of the molecule is CCC1(Nc2cc(F)cc([N+](=O)[O-])c2)CCC1. The molecule has 1 aromatic carbocycles. The largest absolute Gasteiger partial charge is 0.379 e. The third kappa shape index (κ3) is 2.38. The van der Waals surface area contributed by atoms with Crippen LogP contribution in [0.25, 0.3) is 0 Å². The fourth-order valence-electron chi connectivity index (χ4n) is 2.23. The number of nitrogens with zero attached hydrogens (tertiary/aromatic N) is 1. The molecule has 2 rings (SSSR count). The van der Waals surface area contributed by atoms with E-state index in [2.05, 4.69) is 12.2 Å². The van der Waals surface area contributed by atoms with Gasteiger partial charge in [-0.2, -0.15) is 0 Å². The Kier molecular flexibility index (Phi) is 3.00. The first-order chi connectivity index (χ1) is 8.04. The number of hydrogen-bond acceptors (Lipinski definition) is 3. The Bertz CT molecular complexity index is 439. The molecule has 0 spiro atoms. The van der Waals surface area contributed by atoms with Crippen LogP contribution in [0.1, 0.15) is 32.6 Å². The monoisotopic (exact) mass is 238 g/mol. The highest BCUT2D eigenvalue weighted by molar-refractivity contribution is 5.53. The van der Waals surface area contributed by atoms with Crippen molar-refractivity contribution in [3.63, 3.8) is 0 Å². The summed E-state index contributed by atoms with van der Waals surface area (Å²) in [4.78, 5) is 10.1. The summed E-state index contributed by atoms with van der Waals surface area (Å²) in [6.07, 6.45) is 4.16. The smallest absolute Gasteiger partial charge is 0.274 e. The number of nitro groups is 1. The molecule has 17 heavy (non-hydrogen) atoms. The molecule has 4 nitrogen and oxygen atoms in total. The molecule has 1 N–H and O–H groups in total. The minimum Gasteiger partial charge on any atom is -0.379 e. The van der Waals surface area contributed by atoms with E-state index in [1.165, 1.54) is 12.1 Å². The number of halogens is 1. The molecule has 0 bridgehead atoms. The summed E-state index contributed by atoms with van der Waals surface area (Å²) in [6.45, 7) is 2.07. The van der Waals surface area contributed by atoms with Gasteiger partial charge in [-0.15, -0.1) is 0 Å². The summed E-state index contributed by atoms with van der Waals surface area (Å²) in [5, 5.41) is 13.9. The van der Waals surface area contributed by atoms with Gasteiger partial charge >= 0.3 is 0 Å². The van der Waals surface area contributed by atoms with Crippen molar-refractivity contribution in [3.8, 4) is 0 Å². The fourth-order valence-corrected chi connectivity index (χ4v) is 2.23. The standard InChI is InChI=1S/C12H15FN2O2/c1-2-12(4-3-5-12)14-10-6-9(13)7-11(8-10)15(16)17/h6-8,14H,2-5H2,1H3. The second-order valence-electron chi connectivity index (χ2n) is 4.57. The summed E-state index contributed by atoms with van der Waals surface area (Å²) < 4.78 is 13.2. The van der Waals surface area contributed by atoms with Crippen LogP contribution < -0.4 is 5.32 Å². The van der Waals surface area contributed by atoms with Gasteiger partial charge in [-0.05, 0) is 31.7 Å². The van der Waals surface area contributed by atoms with Crippen LogP contribution >= 0.6 is 0 Å². The summed E-state index contributed by atoms with van der Waals surface area (Å²) in [7, 11) is 0. The van der Waals surface area contributed by atoms with Crippen LogP contribution in [0.4, 0.5) is 15.8 Å². The molecule has 0 aromatic heterocycles. The zero-order valence-corrected chi connectivity index (χ0v) is 9.70. The molecule has 1 fully saturated rings. The van der Waals surface area contributed by atoms with Crippen LogP contribution in [0.2, 0.25) is 0 Å². The Hall–Kier alpha value is -1.65. The lowest BCUT2D eigenvalue weighted by Gasteiger charge is -2.42. The minimum atomic E-state index is -0.577. The maximum absolute atomic E-state index is 13.2. The molecule has 0 radical (unpaired) electrons. The fraction of sp³-hybridized carbons (Fsp3) is 0.500. The van der Waals surface area contributed by atoms with Gasteiger partial charge in [-0.1, -0.05) is 6.92 Å². The molecule has 1 saturated carbocycles. The van der Waals surface area contributed by atoms with Crippen molar-refractivity contribution in [3.05, 3.63) is 34.1 Å². The van der Waals surface area contributed by atoms with Crippen LogP contribution in [0.5, 0.6) is 0 Å². The highest BCUT2D eigenvalue weighted by Crippen LogP contribution is 2.38. The molecule has 0 amide bonds. The van der Waals surface area contributed by atoms with Crippen LogP contribution in [0, 0.1) is 15.9 Å². The van der Waals surface area contributed by atoms with Crippen LogP contribution in [-0.2, 0) is 0 Å². The third-order valence-corrected chi connectivity index (χ3v) is 3.49. The number of nitro benzene ring substituents is 1. The first-order valence-electron chi connectivity index (χ1n) is 5.78. The van der Waals surface area contributed by atoms with E-state index < -0.39 is 10.7 Å². The summed E-state index contributed by atoms with van der Waals surface area (Å²) in [5.41, 5.74) is 0.290. The average Bonchev–Trinajstić information content (AvgIpc) is 2.22. The number of non-ortho nitro benzene ring substituents is 1. The highest BCUT2D eigenvalue weighted by atomic mass is 19.1. The predicted octanol–water partition coefficient (Wildman–Crippen LogP) is 3.48. The van der Waals surface area contributed by atoms with E-state index in [4.69, 9.17) is 0 Å². The second kappa shape index (κ2) is 4.31. The van der Waals surface area contributed by atoms with Crippen molar-refractivity contribution in [2.45, 2.75) is 38.1 Å². The molecule has 0 heterocycles. The zero-order chi connectivity index (χ0) is 12.5. The van der Waals surface area contributed by atoms with Gasteiger partial charge in [0.2, 0.25) is 0 Å².